The zero-order valence-electron chi connectivity index (χ0n) is 9.69. The highest BCUT2D eigenvalue weighted by Gasteiger charge is 2.08. The Bertz CT molecular complexity index is 435. The highest BCUT2D eigenvalue weighted by Crippen LogP contribution is 2.25. The van der Waals surface area contributed by atoms with Gasteiger partial charge in [-0.3, -0.25) is 4.79 Å². The first-order valence-electron chi connectivity index (χ1n) is 5.27. The molecule has 0 atom stereocenters. The lowest BCUT2D eigenvalue weighted by Gasteiger charge is -2.07. The second-order valence-electron chi connectivity index (χ2n) is 3.45. The van der Waals surface area contributed by atoms with Gasteiger partial charge in [-0.05, 0) is 24.6 Å². The Hall–Kier alpha value is -2.15. The van der Waals surface area contributed by atoms with E-state index in [1.165, 1.54) is 13.2 Å². The number of unbranched alkanes of at least 4 members (excludes halogenated alkanes) is 1. The predicted molar refractivity (Wildman–Crippen MR) is 65.1 cm³/mol. The van der Waals surface area contributed by atoms with Gasteiger partial charge >= 0.3 is 0 Å². The number of aromatic hydroxyl groups is 1. The van der Waals surface area contributed by atoms with Crippen LogP contribution in [0.25, 0.3) is 0 Å². The summed E-state index contributed by atoms with van der Waals surface area (Å²) in [5.41, 5.74) is 0.393. The zero-order chi connectivity index (χ0) is 12.7. The minimum atomic E-state index is -0.236. The van der Waals surface area contributed by atoms with E-state index >= 15 is 0 Å². The van der Waals surface area contributed by atoms with Crippen molar-refractivity contribution in [3.63, 3.8) is 0 Å². The number of phenols is 1. The number of carbonyl (C=O) groups is 1. The number of terminal acetylenes is 1. The molecular weight excluding hydrogens is 218 g/mol. The van der Waals surface area contributed by atoms with Gasteiger partial charge in [0.25, 0.3) is 5.91 Å². The summed E-state index contributed by atoms with van der Waals surface area (Å²) in [5, 5.41) is 12.2. The van der Waals surface area contributed by atoms with E-state index in [1.807, 2.05) is 0 Å². The highest BCUT2D eigenvalue weighted by molar-refractivity contribution is 5.94. The number of nitrogens with one attached hydrogen (secondary N) is 1. The molecule has 0 heterocycles. The van der Waals surface area contributed by atoms with Gasteiger partial charge in [0.2, 0.25) is 0 Å². The number of hydrogen-bond acceptors (Lipinski definition) is 3. The van der Waals surface area contributed by atoms with Crippen molar-refractivity contribution in [2.45, 2.75) is 12.8 Å². The molecule has 17 heavy (non-hydrogen) atoms. The summed E-state index contributed by atoms with van der Waals surface area (Å²) in [6.07, 6.45) is 6.47. The maximum atomic E-state index is 11.6. The van der Waals surface area contributed by atoms with E-state index in [-0.39, 0.29) is 11.7 Å². The van der Waals surface area contributed by atoms with Gasteiger partial charge in [-0.2, -0.15) is 0 Å². The first-order valence-corrected chi connectivity index (χ1v) is 5.27. The summed E-state index contributed by atoms with van der Waals surface area (Å²) < 4.78 is 4.89. The molecule has 0 radical (unpaired) electrons. The van der Waals surface area contributed by atoms with Crippen LogP contribution < -0.4 is 10.1 Å². The van der Waals surface area contributed by atoms with Gasteiger partial charge in [-0.25, -0.2) is 0 Å². The molecule has 0 aliphatic heterocycles. The molecule has 0 saturated carbocycles. The van der Waals surface area contributed by atoms with E-state index in [2.05, 4.69) is 11.2 Å². The van der Waals surface area contributed by atoms with Crippen molar-refractivity contribution in [1.29, 1.82) is 0 Å². The molecule has 0 bridgehead atoms. The lowest BCUT2D eigenvalue weighted by atomic mass is 10.2. The van der Waals surface area contributed by atoms with Gasteiger partial charge in [-0.1, -0.05) is 0 Å². The fourth-order valence-corrected chi connectivity index (χ4v) is 1.33. The standard InChI is InChI=1S/C13H15NO3/c1-3-4-5-8-14-13(16)10-6-7-12(17-2)11(15)9-10/h1,6-7,9,15H,4-5,8H2,2H3,(H,14,16). The van der Waals surface area contributed by atoms with Crippen molar-refractivity contribution >= 4 is 5.91 Å². The predicted octanol–water partition coefficient (Wildman–Crippen LogP) is 1.54. The second kappa shape index (κ2) is 6.44. The van der Waals surface area contributed by atoms with Gasteiger partial charge in [0.15, 0.2) is 11.5 Å². The molecule has 0 aliphatic carbocycles. The van der Waals surface area contributed by atoms with Crippen LogP contribution in [0.15, 0.2) is 18.2 Å². The molecular formula is C13H15NO3. The molecule has 90 valence electrons. The monoisotopic (exact) mass is 233 g/mol. The third kappa shape index (κ3) is 3.72. The van der Waals surface area contributed by atoms with Crippen LogP contribution in [0.5, 0.6) is 11.5 Å². The van der Waals surface area contributed by atoms with Gasteiger partial charge in [-0.15, -0.1) is 12.3 Å². The largest absolute Gasteiger partial charge is 0.504 e. The topological polar surface area (TPSA) is 58.6 Å². The number of benzene rings is 1. The number of hydrogen-bond donors (Lipinski definition) is 2. The minimum Gasteiger partial charge on any atom is -0.504 e. The molecule has 0 spiro atoms. The maximum absolute atomic E-state index is 11.6. The van der Waals surface area contributed by atoms with E-state index in [9.17, 15) is 9.90 Å². The van der Waals surface area contributed by atoms with Crippen LogP contribution in [-0.4, -0.2) is 24.7 Å². The molecule has 1 aromatic rings. The van der Waals surface area contributed by atoms with Crippen molar-refractivity contribution in [2.75, 3.05) is 13.7 Å². The summed E-state index contributed by atoms with van der Waals surface area (Å²) in [6, 6.07) is 4.51. The van der Waals surface area contributed by atoms with Crippen molar-refractivity contribution < 1.29 is 14.6 Å². The Morgan fingerprint density at radius 2 is 2.35 bits per heavy atom. The normalized spacial score (nSPS) is 9.41. The Balaban J connectivity index is 2.58. The fraction of sp³-hybridized carbons (Fsp3) is 0.308. The number of phenolic OH excluding ortho intramolecular Hbond substituents is 1. The van der Waals surface area contributed by atoms with Crippen LogP contribution in [0.4, 0.5) is 0 Å². The van der Waals surface area contributed by atoms with Crippen LogP contribution in [0.2, 0.25) is 0 Å². The van der Waals surface area contributed by atoms with E-state index in [1.54, 1.807) is 12.1 Å². The zero-order valence-corrected chi connectivity index (χ0v) is 9.69. The van der Waals surface area contributed by atoms with Gasteiger partial charge in [0.1, 0.15) is 0 Å². The molecule has 2 N–H and O–H groups in total. The van der Waals surface area contributed by atoms with Gasteiger partial charge in [0.05, 0.1) is 7.11 Å². The van der Waals surface area contributed by atoms with E-state index < -0.39 is 0 Å². The summed E-state index contributed by atoms with van der Waals surface area (Å²) in [5.74, 6) is 2.55. The molecule has 1 aromatic carbocycles. The molecule has 0 aromatic heterocycles. The van der Waals surface area contributed by atoms with E-state index in [0.717, 1.165) is 6.42 Å². The summed E-state index contributed by atoms with van der Waals surface area (Å²) in [4.78, 5) is 11.6. The SMILES string of the molecule is C#CCCCNC(=O)c1ccc(OC)c(O)c1. The summed E-state index contributed by atoms with van der Waals surface area (Å²) in [6.45, 7) is 0.524. The molecule has 0 aliphatic rings. The Labute approximate surface area is 101 Å². The van der Waals surface area contributed by atoms with Crippen LogP contribution in [0.1, 0.15) is 23.2 Å². The van der Waals surface area contributed by atoms with Gasteiger partial charge < -0.3 is 15.2 Å². The average molecular weight is 233 g/mol. The quantitative estimate of drug-likeness (QED) is 0.599. The Morgan fingerprint density at radius 1 is 1.59 bits per heavy atom. The number of ether oxygens (including phenoxy) is 1. The maximum Gasteiger partial charge on any atom is 0.251 e. The third-order valence-electron chi connectivity index (χ3n) is 2.22. The van der Waals surface area contributed by atoms with E-state index in [4.69, 9.17) is 11.2 Å². The lowest BCUT2D eigenvalue weighted by molar-refractivity contribution is 0.0953. The van der Waals surface area contributed by atoms with Crippen LogP contribution in [0, 0.1) is 12.3 Å². The van der Waals surface area contributed by atoms with Crippen LogP contribution in [-0.2, 0) is 0 Å². The molecule has 1 rings (SSSR count). The first-order chi connectivity index (χ1) is 8.19. The van der Waals surface area contributed by atoms with Crippen LogP contribution >= 0.6 is 0 Å². The second-order valence-corrected chi connectivity index (χ2v) is 3.45. The number of carbonyl (C=O) groups excluding carboxylic acids is 1. The fourth-order valence-electron chi connectivity index (χ4n) is 1.33. The third-order valence-corrected chi connectivity index (χ3v) is 2.22. The Morgan fingerprint density at radius 3 is 2.94 bits per heavy atom. The smallest absolute Gasteiger partial charge is 0.251 e. The molecule has 0 saturated heterocycles. The highest BCUT2D eigenvalue weighted by atomic mass is 16.5. The van der Waals surface area contributed by atoms with Crippen molar-refractivity contribution in [2.24, 2.45) is 0 Å². The molecule has 4 nitrogen and oxygen atoms in total. The molecule has 0 unspecified atom stereocenters. The van der Waals surface area contributed by atoms with Crippen molar-refractivity contribution in [3.8, 4) is 23.8 Å². The summed E-state index contributed by atoms with van der Waals surface area (Å²) >= 11 is 0. The van der Waals surface area contributed by atoms with Crippen molar-refractivity contribution in [3.05, 3.63) is 23.8 Å². The van der Waals surface area contributed by atoms with Crippen molar-refractivity contribution in [1.82, 2.24) is 5.32 Å². The Kier molecular flexibility index (Phi) is 4.89. The van der Waals surface area contributed by atoms with Crippen LogP contribution in [0.3, 0.4) is 0 Å². The van der Waals surface area contributed by atoms with Gasteiger partial charge in [0, 0.05) is 18.5 Å². The summed E-state index contributed by atoms with van der Waals surface area (Å²) in [7, 11) is 1.45. The average Bonchev–Trinajstić information content (AvgIpc) is 2.34. The first kappa shape index (κ1) is 12.9. The molecule has 1 amide bonds. The number of amides is 1. The lowest BCUT2D eigenvalue weighted by Crippen LogP contribution is -2.24. The number of rotatable bonds is 5. The molecule has 4 heteroatoms. The molecule has 0 fully saturated rings. The minimum absolute atomic E-state index is 0.0521. The van der Waals surface area contributed by atoms with E-state index in [0.29, 0.717) is 24.3 Å². The number of methoxy groups -OCH3 is 1.